The Bertz CT molecular complexity index is 823. The van der Waals surface area contributed by atoms with E-state index in [1.165, 1.54) is 0 Å². The van der Waals surface area contributed by atoms with Crippen LogP contribution in [0.4, 0.5) is 4.79 Å². The molecule has 2 aliphatic heterocycles. The molecule has 1 amide bonds. The quantitative estimate of drug-likeness (QED) is 0.868. The van der Waals surface area contributed by atoms with Gasteiger partial charge in [0.25, 0.3) is 0 Å². The number of carboxylic acid groups (broad SMARTS) is 1. The normalized spacial score (nSPS) is 30.0. The third-order valence-corrected chi connectivity index (χ3v) is 6.19. The lowest BCUT2D eigenvalue weighted by atomic mass is 9.90. The minimum Gasteiger partial charge on any atom is -0.465 e. The third-order valence-electron chi connectivity index (χ3n) is 6.19. The Morgan fingerprint density at radius 3 is 2.70 bits per heavy atom. The van der Waals surface area contributed by atoms with Gasteiger partial charge in [-0.05, 0) is 49.8 Å². The smallest absolute Gasteiger partial charge is 0.407 e. The second-order valence-corrected chi connectivity index (χ2v) is 8.78. The maximum Gasteiger partial charge on any atom is 0.407 e. The molecule has 0 bridgehead atoms. The van der Waals surface area contributed by atoms with Crippen LogP contribution in [0.5, 0.6) is 0 Å². The van der Waals surface area contributed by atoms with E-state index in [2.05, 4.69) is 54.9 Å². The number of hydrogen-bond donors (Lipinski definition) is 1. The number of fused-ring (bicyclic) bond motifs is 1. The van der Waals surface area contributed by atoms with Crippen molar-refractivity contribution in [1.82, 2.24) is 19.6 Å². The van der Waals surface area contributed by atoms with Crippen molar-refractivity contribution in [2.24, 2.45) is 11.8 Å². The summed E-state index contributed by atoms with van der Waals surface area (Å²) in [5.41, 5.74) is 2.04. The van der Waals surface area contributed by atoms with Gasteiger partial charge >= 0.3 is 6.09 Å². The van der Waals surface area contributed by atoms with Crippen LogP contribution in [0.3, 0.4) is 0 Å². The average molecular weight is 370 g/mol. The number of amides is 1. The van der Waals surface area contributed by atoms with Gasteiger partial charge in [0.2, 0.25) is 0 Å². The largest absolute Gasteiger partial charge is 0.465 e. The molecule has 2 aromatic rings. The van der Waals surface area contributed by atoms with Gasteiger partial charge in [-0.3, -0.25) is 4.68 Å². The van der Waals surface area contributed by atoms with Gasteiger partial charge in [0, 0.05) is 31.2 Å². The minimum absolute atomic E-state index is 0.0610. The van der Waals surface area contributed by atoms with Gasteiger partial charge in [0.05, 0.1) is 17.6 Å². The van der Waals surface area contributed by atoms with Crippen LogP contribution in [-0.2, 0) is 0 Å². The Morgan fingerprint density at radius 1 is 1.15 bits per heavy atom. The molecule has 6 heteroatoms. The molecule has 146 valence electrons. The van der Waals surface area contributed by atoms with Crippen LogP contribution in [-0.4, -0.2) is 57.5 Å². The first kappa shape index (κ1) is 18.3. The number of nitrogens with zero attached hydrogens (tertiary/aromatic N) is 4. The number of carbonyl (C=O) groups is 1. The molecule has 1 N–H and O–H groups in total. The van der Waals surface area contributed by atoms with Gasteiger partial charge in [0.15, 0.2) is 0 Å². The summed E-state index contributed by atoms with van der Waals surface area (Å²) in [5.74, 6) is 1.09. The van der Waals surface area contributed by atoms with Gasteiger partial charge in [-0.15, -0.1) is 0 Å². The van der Waals surface area contributed by atoms with Crippen LogP contribution >= 0.6 is 0 Å². The molecular weight excluding hydrogens is 340 g/mol. The summed E-state index contributed by atoms with van der Waals surface area (Å²) < 4.78 is 2.12. The van der Waals surface area contributed by atoms with E-state index in [-0.39, 0.29) is 6.04 Å². The SMILES string of the molecule is C[C@H]1C[C@H](n2cc3ccc([C@H]4CC[C@H](C)CN4C(=O)O)cc3n2)CN(C)C1. The summed E-state index contributed by atoms with van der Waals surface area (Å²) in [7, 11) is 2.18. The summed E-state index contributed by atoms with van der Waals surface area (Å²) in [6, 6.07) is 6.62. The molecule has 0 aliphatic carbocycles. The Kier molecular flexibility index (Phi) is 4.84. The van der Waals surface area contributed by atoms with Gasteiger partial charge in [0.1, 0.15) is 0 Å². The molecular formula is C21H30N4O2. The molecule has 0 unspecified atom stereocenters. The number of aromatic nitrogens is 2. The molecule has 2 fully saturated rings. The van der Waals surface area contributed by atoms with E-state index in [0.29, 0.717) is 24.4 Å². The minimum atomic E-state index is -0.823. The van der Waals surface area contributed by atoms with Gasteiger partial charge < -0.3 is 14.9 Å². The fourth-order valence-electron chi connectivity index (χ4n) is 4.93. The van der Waals surface area contributed by atoms with E-state index < -0.39 is 6.09 Å². The van der Waals surface area contributed by atoms with E-state index in [0.717, 1.165) is 48.8 Å². The Balaban J connectivity index is 1.62. The second kappa shape index (κ2) is 7.15. The topological polar surface area (TPSA) is 61.6 Å². The number of piperidine rings is 2. The summed E-state index contributed by atoms with van der Waals surface area (Å²) in [4.78, 5) is 15.7. The zero-order valence-corrected chi connectivity index (χ0v) is 16.5. The van der Waals surface area contributed by atoms with Crippen LogP contribution in [0.25, 0.3) is 10.9 Å². The number of likely N-dealkylation sites (tertiary alicyclic amines) is 2. The van der Waals surface area contributed by atoms with Gasteiger partial charge in [-0.2, -0.15) is 5.10 Å². The van der Waals surface area contributed by atoms with Crippen molar-refractivity contribution in [3.8, 4) is 0 Å². The molecule has 1 aromatic carbocycles. The second-order valence-electron chi connectivity index (χ2n) is 8.78. The van der Waals surface area contributed by atoms with Crippen LogP contribution in [0.1, 0.15) is 50.8 Å². The van der Waals surface area contributed by atoms with Crippen molar-refractivity contribution in [2.45, 2.75) is 45.2 Å². The molecule has 4 rings (SSSR count). The fourth-order valence-corrected chi connectivity index (χ4v) is 4.93. The molecule has 4 atom stereocenters. The van der Waals surface area contributed by atoms with Crippen molar-refractivity contribution in [3.05, 3.63) is 30.0 Å². The lowest BCUT2D eigenvalue weighted by Crippen LogP contribution is -2.40. The molecule has 0 radical (unpaired) electrons. The molecule has 0 saturated carbocycles. The van der Waals surface area contributed by atoms with Gasteiger partial charge in [-0.25, -0.2) is 4.79 Å². The maximum absolute atomic E-state index is 11.7. The van der Waals surface area contributed by atoms with Crippen LogP contribution < -0.4 is 0 Å². The van der Waals surface area contributed by atoms with Crippen molar-refractivity contribution in [1.29, 1.82) is 0 Å². The number of rotatable bonds is 2. The molecule has 6 nitrogen and oxygen atoms in total. The first-order valence-corrected chi connectivity index (χ1v) is 10.1. The highest BCUT2D eigenvalue weighted by atomic mass is 16.4. The molecule has 2 saturated heterocycles. The highest BCUT2D eigenvalue weighted by Gasteiger charge is 2.31. The van der Waals surface area contributed by atoms with Crippen molar-refractivity contribution >= 4 is 17.0 Å². The van der Waals surface area contributed by atoms with Crippen LogP contribution in [0.2, 0.25) is 0 Å². The molecule has 2 aliphatic rings. The van der Waals surface area contributed by atoms with Crippen molar-refractivity contribution < 1.29 is 9.90 Å². The van der Waals surface area contributed by atoms with Crippen molar-refractivity contribution in [3.63, 3.8) is 0 Å². The van der Waals surface area contributed by atoms with Gasteiger partial charge in [-0.1, -0.05) is 26.0 Å². The molecule has 0 spiro atoms. The average Bonchev–Trinajstić information content (AvgIpc) is 3.04. The van der Waals surface area contributed by atoms with Crippen LogP contribution in [0.15, 0.2) is 24.4 Å². The highest BCUT2D eigenvalue weighted by molar-refractivity contribution is 5.79. The van der Waals surface area contributed by atoms with E-state index >= 15 is 0 Å². The van der Waals surface area contributed by atoms with E-state index in [4.69, 9.17) is 5.10 Å². The summed E-state index contributed by atoms with van der Waals surface area (Å²) in [5, 5.41) is 15.6. The number of likely N-dealkylation sites (N-methyl/N-ethyl adjacent to an activating group) is 1. The van der Waals surface area contributed by atoms with Crippen molar-refractivity contribution in [2.75, 3.05) is 26.7 Å². The van der Waals surface area contributed by atoms with E-state index in [9.17, 15) is 9.90 Å². The number of benzene rings is 1. The zero-order valence-electron chi connectivity index (χ0n) is 16.5. The predicted octanol–water partition coefficient (Wildman–Crippen LogP) is 4.00. The Morgan fingerprint density at radius 2 is 1.96 bits per heavy atom. The van der Waals surface area contributed by atoms with Crippen LogP contribution in [0, 0.1) is 11.8 Å². The summed E-state index contributed by atoms with van der Waals surface area (Å²) >= 11 is 0. The molecule has 3 heterocycles. The summed E-state index contributed by atoms with van der Waals surface area (Å²) in [6.45, 7) is 7.21. The fraction of sp³-hybridized carbons (Fsp3) is 0.619. The maximum atomic E-state index is 11.7. The lowest BCUT2D eigenvalue weighted by molar-refractivity contribution is 0.0900. The first-order valence-electron chi connectivity index (χ1n) is 10.1. The number of hydrogen-bond acceptors (Lipinski definition) is 3. The standard InChI is InChI=1S/C21H30N4O2/c1-14-4-7-20(24(11-14)21(26)27)16-5-6-17-12-25(22-19(17)9-16)18-8-15(2)10-23(3)13-18/h5-6,9,12,14-15,18,20H,4,7-8,10-11,13H2,1-3H3,(H,26,27)/t14-,15-,18-,20+/m0/s1. The summed E-state index contributed by atoms with van der Waals surface area (Å²) in [6.07, 6.45) is 4.42. The van der Waals surface area contributed by atoms with E-state index in [1.807, 2.05) is 0 Å². The molecule has 1 aromatic heterocycles. The monoisotopic (exact) mass is 370 g/mol. The predicted molar refractivity (Wildman–Crippen MR) is 106 cm³/mol. The third kappa shape index (κ3) is 3.68. The lowest BCUT2D eigenvalue weighted by Gasteiger charge is -2.37. The van der Waals surface area contributed by atoms with E-state index in [1.54, 1.807) is 4.90 Å². The highest BCUT2D eigenvalue weighted by Crippen LogP contribution is 2.35. The first-order chi connectivity index (χ1) is 12.9. The zero-order chi connectivity index (χ0) is 19.1. The molecule has 27 heavy (non-hydrogen) atoms. The Labute approximate surface area is 160 Å². The Hall–Kier alpha value is -2.08.